The molecule has 11 nitrogen and oxygen atoms in total. The molecule has 15 aromatic rings. The molecule has 0 spiro atoms. The van der Waals surface area contributed by atoms with Crippen LogP contribution in [0.2, 0.25) is 0 Å². The van der Waals surface area contributed by atoms with Crippen LogP contribution in [0, 0.1) is 27.7 Å². The van der Waals surface area contributed by atoms with Crippen molar-refractivity contribution in [3.63, 3.8) is 0 Å². The van der Waals surface area contributed by atoms with E-state index < -0.39 is 0 Å². The van der Waals surface area contributed by atoms with Crippen LogP contribution in [0.15, 0.2) is 298 Å². The maximum Gasteiger partial charge on any atom is 0.164 e. The van der Waals surface area contributed by atoms with E-state index in [-0.39, 0.29) is 0 Å². The Hall–Kier alpha value is -11.7. The summed E-state index contributed by atoms with van der Waals surface area (Å²) in [5.74, 6) is 4.47. The van der Waals surface area contributed by atoms with Crippen LogP contribution < -0.4 is 0 Å². The minimum Gasteiger partial charge on any atom is -0.253 e. The van der Waals surface area contributed by atoms with Gasteiger partial charge in [-0.2, -0.15) is 0 Å². The highest BCUT2D eigenvalue weighted by Gasteiger charge is 2.14. The van der Waals surface area contributed by atoms with Gasteiger partial charge in [-0.25, -0.2) is 49.8 Å². The minimum atomic E-state index is 0.684. The van der Waals surface area contributed by atoms with Gasteiger partial charge in [-0.3, -0.25) is 4.98 Å². The first kappa shape index (κ1) is 66.7. The van der Waals surface area contributed by atoms with Gasteiger partial charge in [0.2, 0.25) is 0 Å². The van der Waals surface area contributed by atoms with E-state index in [2.05, 4.69) is 122 Å². The van der Waals surface area contributed by atoms with Crippen molar-refractivity contribution in [3.8, 4) is 56.8 Å². The molecule has 10 aromatic carbocycles. The average Bonchev–Trinajstić information content (AvgIpc) is 0.913. The SMILES string of the molecule is CC.CC.Cc1cnc(-c2ccccc2)nc1.Cc1cnc2ccccc2n1.Cc1nc(-c2ccccc2)c2ccccc2n1.Cc1ncc2ccccc2n1.c1ccc(-c2nc(-c3ccccc3)nc(-c3ccccc3)n2)cc1.c1ccc2c(c1)Cc1ccccc1C2. The van der Waals surface area contributed by atoms with Crippen molar-refractivity contribution in [3.05, 3.63) is 343 Å². The number of rotatable bonds is 5. The van der Waals surface area contributed by atoms with E-state index in [1.807, 2.05) is 280 Å². The molecule has 1 aliphatic rings. The summed E-state index contributed by atoms with van der Waals surface area (Å²) in [7, 11) is 0. The summed E-state index contributed by atoms with van der Waals surface area (Å²) in [6.07, 6.45) is 9.49. The number of hydrogen-bond acceptors (Lipinski definition) is 11. The van der Waals surface area contributed by atoms with E-state index in [1.165, 1.54) is 22.3 Å². The van der Waals surface area contributed by atoms with E-state index in [0.29, 0.717) is 17.5 Å². The zero-order valence-corrected chi connectivity index (χ0v) is 54.6. The predicted molar refractivity (Wildman–Crippen MR) is 388 cm³/mol. The lowest BCUT2D eigenvalue weighted by atomic mass is 9.86. The van der Waals surface area contributed by atoms with Crippen LogP contribution in [0.4, 0.5) is 0 Å². The van der Waals surface area contributed by atoms with E-state index >= 15 is 0 Å². The summed E-state index contributed by atoms with van der Waals surface area (Å²) in [5, 5.41) is 2.20. The predicted octanol–water partition coefficient (Wildman–Crippen LogP) is 20.0. The first-order chi connectivity index (χ1) is 46.3. The molecule has 0 saturated heterocycles. The number of aromatic nitrogens is 11. The Balaban J connectivity index is 0.000000134. The average molecular weight is 1230 g/mol. The zero-order valence-electron chi connectivity index (χ0n) is 54.6. The molecule has 11 heteroatoms. The van der Waals surface area contributed by atoms with E-state index in [9.17, 15) is 0 Å². The number of para-hydroxylation sites is 4. The number of aryl methyl sites for hydroxylation is 4. The van der Waals surface area contributed by atoms with Gasteiger partial charge in [0, 0.05) is 63.4 Å². The summed E-state index contributed by atoms with van der Waals surface area (Å²) in [5.41, 5.74) is 18.1. The van der Waals surface area contributed by atoms with Gasteiger partial charge in [0.25, 0.3) is 0 Å². The number of nitrogens with zero attached hydrogens (tertiary/aromatic N) is 11. The molecule has 0 N–H and O–H groups in total. The summed E-state index contributed by atoms with van der Waals surface area (Å²) < 4.78 is 0. The topological polar surface area (TPSA) is 142 Å². The molecular weight excluding hydrogens is 1150 g/mol. The van der Waals surface area contributed by atoms with Crippen molar-refractivity contribution in [1.82, 2.24) is 54.8 Å². The quantitative estimate of drug-likeness (QED) is 0.163. The van der Waals surface area contributed by atoms with Crippen molar-refractivity contribution in [2.24, 2.45) is 0 Å². The van der Waals surface area contributed by atoms with Crippen molar-refractivity contribution < 1.29 is 0 Å². The third-order valence-electron chi connectivity index (χ3n) is 14.5. The van der Waals surface area contributed by atoms with Gasteiger partial charge in [0.05, 0.1) is 33.5 Å². The molecule has 0 atom stereocenters. The molecule has 0 amide bonds. The van der Waals surface area contributed by atoms with Crippen LogP contribution in [0.25, 0.3) is 89.6 Å². The molecule has 1 aliphatic carbocycles. The van der Waals surface area contributed by atoms with Crippen LogP contribution in [0.1, 0.15) is 72.9 Å². The van der Waals surface area contributed by atoms with Gasteiger partial charge in [-0.15, -0.1) is 0 Å². The Bertz CT molecular complexity index is 4440. The molecule has 0 unspecified atom stereocenters. The monoisotopic (exact) mass is 1230 g/mol. The normalized spacial score (nSPS) is 10.5. The number of benzene rings is 10. The molecule has 5 heterocycles. The van der Waals surface area contributed by atoms with Crippen LogP contribution in [-0.4, -0.2) is 54.8 Å². The largest absolute Gasteiger partial charge is 0.253 e. The Morgan fingerprint density at radius 1 is 0.245 bits per heavy atom. The Kier molecular flexibility index (Phi) is 24.9. The van der Waals surface area contributed by atoms with E-state index in [4.69, 9.17) is 0 Å². The smallest absolute Gasteiger partial charge is 0.164 e. The summed E-state index contributed by atoms with van der Waals surface area (Å²) >= 11 is 0. The second-order valence-electron chi connectivity index (χ2n) is 21.2. The zero-order chi connectivity index (χ0) is 65.7. The molecule has 5 aromatic heterocycles. The number of fused-ring (bicyclic) bond motifs is 5. The van der Waals surface area contributed by atoms with Crippen LogP contribution in [-0.2, 0) is 12.8 Å². The van der Waals surface area contributed by atoms with Gasteiger partial charge in [-0.05, 0) is 92.6 Å². The summed E-state index contributed by atoms with van der Waals surface area (Å²) in [6, 6.07) is 91.6. The first-order valence-corrected chi connectivity index (χ1v) is 31.8. The molecule has 0 bridgehead atoms. The standard InChI is InChI=1S/C21H15N3.C15H12N2.C14H12.C11H10N2.2C9H8N2.2C2H6/c1-4-10-16(11-5-1)19-22-20(17-12-6-2-7-13-17)24-21(23-19)18-14-8-3-9-15-18;1-11-16-14-10-6-5-9-13(14)15(17-11)12-7-3-2-4-8-12;1-2-6-12-10-14-8-4-3-7-13(14)9-11(12)5-1;1-9-7-12-11(13-8-9)10-5-3-2-4-6-10;1-7-10-6-8-4-2-3-5-9(8)11-7;1-7-6-10-8-4-2-3-5-9(8)11-7;2*1-2/h1-15H;2-10H,1H3;1-8H,9-10H2;2-8H,1H3;2*2-6H,1H3;2*1-2H3. The van der Waals surface area contributed by atoms with Crippen molar-refractivity contribution in [2.75, 3.05) is 0 Å². The molecular formula is C83H77N11. The number of hydrogen-bond donors (Lipinski definition) is 0. The molecule has 16 rings (SSSR count). The Morgan fingerprint density at radius 2 is 0.606 bits per heavy atom. The third kappa shape index (κ3) is 18.9. The Labute approximate surface area is 552 Å². The molecule has 464 valence electrons. The van der Waals surface area contributed by atoms with Gasteiger partial charge in [0.1, 0.15) is 11.6 Å². The highest BCUT2D eigenvalue weighted by atomic mass is 15.0. The summed E-state index contributed by atoms with van der Waals surface area (Å²) in [6.45, 7) is 15.7. The lowest BCUT2D eigenvalue weighted by Gasteiger charge is -2.18. The Morgan fingerprint density at radius 3 is 1.07 bits per heavy atom. The lowest BCUT2D eigenvalue weighted by Crippen LogP contribution is -2.06. The first-order valence-electron chi connectivity index (χ1n) is 31.8. The van der Waals surface area contributed by atoms with Crippen molar-refractivity contribution >= 4 is 32.8 Å². The highest BCUT2D eigenvalue weighted by Crippen LogP contribution is 2.28. The minimum absolute atomic E-state index is 0.684. The molecule has 0 aliphatic heterocycles. The van der Waals surface area contributed by atoms with Crippen LogP contribution >= 0.6 is 0 Å². The van der Waals surface area contributed by atoms with Gasteiger partial charge < -0.3 is 0 Å². The fraction of sp³-hybridized carbons (Fsp3) is 0.120. The highest BCUT2D eigenvalue weighted by molar-refractivity contribution is 5.92. The van der Waals surface area contributed by atoms with Gasteiger partial charge >= 0.3 is 0 Å². The van der Waals surface area contributed by atoms with Gasteiger partial charge in [-0.1, -0.05) is 276 Å². The van der Waals surface area contributed by atoms with Crippen LogP contribution in [0.3, 0.4) is 0 Å². The van der Waals surface area contributed by atoms with E-state index in [0.717, 1.165) is 108 Å². The molecule has 0 radical (unpaired) electrons. The maximum absolute atomic E-state index is 4.68. The van der Waals surface area contributed by atoms with Gasteiger partial charge in [0.15, 0.2) is 23.3 Å². The third-order valence-corrected chi connectivity index (χ3v) is 14.5. The van der Waals surface area contributed by atoms with Crippen LogP contribution in [0.5, 0.6) is 0 Å². The molecule has 94 heavy (non-hydrogen) atoms. The van der Waals surface area contributed by atoms with E-state index in [1.54, 1.807) is 6.20 Å². The fourth-order valence-corrected chi connectivity index (χ4v) is 9.99. The molecule has 0 saturated carbocycles. The molecule has 0 fully saturated rings. The lowest BCUT2D eigenvalue weighted by molar-refractivity contribution is 1.00. The fourth-order valence-electron chi connectivity index (χ4n) is 9.99. The van der Waals surface area contributed by atoms with Crippen molar-refractivity contribution in [1.29, 1.82) is 0 Å². The van der Waals surface area contributed by atoms with Crippen molar-refractivity contribution in [2.45, 2.75) is 68.2 Å². The second kappa shape index (κ2) is 35.1. The summed E-state index contributed by atoms with van der Waals surface area (Å²) in [4.78, 5) is 48.4. The maximum atomic E-state index is 4.68. The second-order valence-corrected chi connectivity index (χ2v) is 21.2.